The Morgan fingerprint density at radius 2 is 1.65 bits per heavy atom. The van der Waals surface area contributed by atoms with Gasteiger partial charge in [-0.05, 0) is 29.3 Å². The molecule has 0 unspecified atom stereocenters. The smallest absolute Gasteiger partial charge is 0.118 e. The number of rotatable bonds is 3. The highest BCUT2D eigenvalue weighted by atomic mass is 35.5. The van der Waals surface area contributed by atoms with Gasteiger partial charge in [0.25, 0.3) is 0 Å². The zero-order valence-electron chi connectivity index (χ0n) is 9.56. The van der Waals surface area contributed by atoms with Gasteiger partial charge in [0, 0.05) is 5.03 Å². The zero-order chi connectivity index (χ0) is 12.1. The summed E-state index contributed by atoms with van der Waals surface area (Å²) in [5.41, 5.74) is 2.07. The van der Waals surface area contributed by atoms with Gasteiger partial charge in [0.2, 0.25) is 0 Å². The molecule has 0 bridgehead atoms. The number of hydrogen-bond donors (Lipinski definition) is 0. The van der Waals surface area contributed by atoms with E-state index in [0.29, 0.717) is 0 Å². The summed E-state index contributed by atoms with van der Waals surface area (Å²) in [5, 5.41) is 0.732. The predicted octanol–water partition coefficient (Wildman–Crippen LogP) is 4.43. The summed E-state index contributed by atoms with van der Waals surface area (Å²) in [7, 11) is 1.65. The van der Waals surface area contributed by atoms with Crippen LogP contribution in [-0.2, 0) is 0 Å². The maximum absolute atomic E-state index is 6.24. The molecule has 0 amide bonds. The van der Waals surface area contributed by atoms with Crippen LogP contribution in [0.15, 0.2) is 54.6 Å². The van der Waals surface area contributed by atoms with Crippen molar-refractivity contribution in [3.05, 3.63) is 65.7 Å². The Morgan fingerprint density at radius 3 is 2.24 bits per heavy atom. The molecule has 0 heterocycles. The largest absolute Gasteiger partial charge is 0.497 e. The van der Waals surface area contributed by atoms with Crippen LogP contribution in [0.5, 0.6) is 5.75 Å². The molecule has 0 N–H and O–H groups in total. The third-order valence-electron chi connectivity index (χ3n) is 2.46. The standard InChI is InChI=1S/C15H13ClO/c1-17-14-9-7-12(8-10-14)11-15(16)13-5-3-2-4-6-13/h2-11H,1H3/b15-11+. The van der Waals surface area contributed by atoms with E-state index in [2.05, 4.69) is 0 Å². The first-order chi connectivity index (χ1) is 8.29. The van der Waals surface area contributed by atoms with Crippen LogP contribution >= 0.6 is 11.6 Å². The molecular formula is C15H13ClO. The second kappa shape index (κ2) is 5.55. The van der Waals surface area contributed by atoms with E-state index in [1.165, 1.54) is 0 Å². The van der Waals surface area contributed by atoms with Gasteiger partial charge in [0.15, 0.2) is 0 Å². The van der Waals surface area contributed by atoms with Crippen molar-refractivity contribution >= 4 is 22.7 Å². The van der Waals surface area contributed by atoms with E-state index in [4.69, 9.17) is 16.3 Å². The van der Waals surface area contributed by atoms with E-state index in [1.54, 1.807) is 7.11 Å². The van der Waals surface area contributed by atoms with E-state index >= 15 is 0 Å². The van der Waals surface area contributed by atoms with Gasteiger partial charge >= 0.3 is 0 Å². The van der Waals surface area contributed by atoms with Crippen LogP contribution in [0.3, 0.4) is 0 Å². The summed E-state index contributed by atoms with van der Waals surface area (Å²) in [4.78, 5) is 0. The van der Waals surface area contributed by atoms with Gasteiger partial charge in [0.05, 0.1) is 7.11 Å². The van der Waals surface area contributed by atoms with Crippen LogP contribution in [0.4, 0.5) is 0 Å². The topological polar surface area (TPSA) is 9.23 Å². The molecule has 0 saturated carbocycles. The highest BCUT2D eigenvalue weighted by Crippen LogP contribution is 2.22. The predicted molar refractivity (Wildman–Crippen MR) is 73.2 cm³/mol. The van der Waals surface area contributed by atoms with Gasteiger partial charge in [0.1, 0.15) is 5.75 Å². The van der Waals surface area contributed by atoms with Gasteiger partial charge in [-0.3, -0.25) is 0 Å². The highest BCUT2D eigenvalue weighted by Gasteiger charge is 1.97. The lowest BCUT2D eigenvalue weighted by molar-refractivity contribution is 0.415. The molecule has 86 valence electrons. The fourth-order valence-electron chi connectivity index (χ4n) is 1.53. The summed E-state index contributed by atoms with van der Waals surface area (Å²) >= 11 is 6.24. The van der Waals surface area contributed by atoms with Crippen molar-refractivity contribution in [3.63, 3.8) is 0 Å². The van der Waals surface area contributed by atoms with Gasteiger partial charge in [-0.15, -0.1) is 0 Å². The summed E-state index contributed by atoms with van der Waals surface area (Å²) < 4.78 is 5.11. The van der Waals surface area contributed by atoms with E-state index in [-0.39, 0.29) is 0 Å². The normalized spacial score (nSPS) is 11.3. The lowest BCUT2D eigenvalue weighted by Gasteiger charge is -2.01. The highest BCUT2D eigenvalue weighted by molar-refractivity contribution is 6.51. The number of methoxy groups -OCH3 is 1. The Balaban J connectivity index is 2.23. The molecule has 1 nitrogen and oxygen atoms in total. The minimum atomic E-state index is 0.732. The van der Waals surface area contributed by atoms with Crippen molar-refractivity contribution in [2.24, 2.45) is 0 Å². The summed E-state index contributed by atoms with van der Waals surface area (Å²) in [5.74, 6) is 0.845. The molecule has 2 heteroatoms. The summed E-state index contributed by atoms with van der Waals surface area (Å²) in [6, 6.07) is 17.7. The first-order valence-corrected chi connectivity index (χ1v) is 5.74. The number of benzene rings is 2. The van der Waals surface area contributed by atoms with E-state index < -0.39 is 0 Å². The average molecular weight is 245 g/mol. The van der Waals surface area contributed by atoms with Crippen LogP contribution < -0.4 is 4.74 Å². The third-order valence-corrected chi connectivity index (χ3v) is 2.79. The van der Waals surface area contributed by atoms with Gasteiger partial charge in [-0.25, -0.2) is 0 Å². The number of ether oxygens (including phenoxy) is 1. The van der Waals surface area contributed by atoms with Gasteiger partial charge in [-0.2, -0.15) is 0 Å². The molecule has 2 aromatic rings. The summed E-state index contributed by atoms with van der Waals surface area (Å²) in [6.07, 6.45) is 1.94. The van der Waals surface area contributed by atoms with Crippen molar-refractivity contribution in [3.8, 4) is 5.75 Å². The molecule has 0 saturated heterocycles. The Morgan fingerprint density at radius 1 is 1.00 bits per heavy atom. The van der Waals surface area contributed by atoms with Crippen molar-refractivity contribution in [2.45, 2.75) is 0 Å². The van der Waals surface area contributed by atoms with Crippen LogP contribution in [0.2, 0.25) is 0 Å². The van der Waals surface area contributed by atoms with Gasteiger partial charge in [-0.1, -0.05) is 54.1 Å². The van der Waals surface area contributed by atoms with E-state index in [1.807, 2.05) is 60.7 Å². The monoisotopic (exact) mass is 244 g/mol. The van der Waals surface area contributed by atoms with E-state index in [0.717, 1.165) is 21.9 Å². The number of halogens is 1. The molecule has 0 aliphatic rings. The SMILES string of the molecule is COc1ccc(/C=C(/Cl)c2ccccc2)cc1. The Labute approximate surface area is 106 Å². The average Bonchev–Trinajstić information content (AvgIpc) is 2.40. The molecule has 2 aromatic carbocycles. The molecule has 0 aliphatic heterocycles. The van der Waals surface area contributed by atoms with Crippen LogP contribution in [0.25, 0.3) is 11.1 Å². The Kier molecular flexibility index (Phi) is 3.84. The van der Waals surface area contributed by atoms with Crippen LogP contribution in [0.1, 0.15) is 11.1 Å². The number of hydrogen-bond acceptors (Lipinski definition) is 1. The Hall–Kier alpha value is -1.73. The van der Waals surface area contributed by atoms with Crippen LogP contribution in [0, 0.1) is 0 Å². The molecule has 0 radical (unpaired) electrons. The van der Waals surface area contributed by atoms with Crippen molar-refractivity contribution in [1.82, 2.24) is 0 Å². The first-order valence-electron chi connectivity index (χ1n) is 5.36. The molecular weight excluding hydrogens is 232 g/mol. The van der Waals surface area contributed by atoms with Gasteiger partial charge < -0.3 is 4.74 Å². The quantitative estimate of drug-likeness (QED) is 0.726. The molecule has 0 spiro atoms. The lowest BCUT2D eigenvalue weighted by atomic mass is 10.1. The maximum atomic E-state index is 6.24. The molecule has 0 aliphatic carbocycles. The van der Waals surface area contributed by atoms with Crippen molar-refractivity contribution in [1.29, 1.82) is 0 Å². The molecule has 0 aromatic heterocycles. The second-order valence-corrected chi connectivity index (χ2v) is 4.04. The van der Waals surface area contributed by atoms with Crippen molar-refractivity contribution < 1.29 is 4.74 Å². The first kappa shape index (κ1) is 11.7. The Bertz CT molecular complexity index is 500. The van der Waals surface area contributed by atoms with Crippen molar-refractivity contribution in [2.75, 3.05) is 7.11 Å². The van der Waals surface area contributed by atoms with Crippen LogP contribution in [-0.4, -0.2) is 7.11 Å². The fraction of sp³-hybridized carbons (Fsp3) is 0.0667. The second-order valence-electron chi connectivity index (χ2n) is 3.63. The third kappa shape index (κ3) is 3.11. The minimum Gasteiger partial charge on any atom is -0.497 e. The minimum absolute atomic E-state index is 0.732. The lowest BCUT2D eigenvalue weighted by Crippen LogP contribution is -1.82. The molecule has 2 rings (SSSR count). The zero-order valence-corrected chi connectivity index (χ0v) is 10.3. The molecule has 17 heavy (non-hydrogen) atoms. The maximum Gasteiger partial charge on any atom is 0.118 e. The summed E-state index contributed by atoms with van der Waals surface area (Å²) in [6.45, 7) is 0. The molecule has 0 atom stereocenters. The molecule has 0 fully saturated rings. The fourth-order valence-corrected chi connectivity index (χ4v) is 1.78. The van der Waals surface area contributed by atoms with E-state index in [9.17, 15) is 0 Å².